The van der Waals surface area contributed by atoms with Crippen molar-refractivity contribution in [1.82, 2.24) is 0 Å². The number of alkyl halides is 4. The lowest BCUT2D eigenvalue weighted by Crippen LogP contribution is -2.59. The standard InChI is InChI=1S/C18H18F4O5S/c1-11-5-7-13(8-6-11)28(24,25)10-14-12(2)27-17(23,15-4-3-9-26-15)16(14,19)18(20,21)22/h3-9,12,14,23H,10H2,1-2H3/t12-,14-,16+,17+/m0/s1. The van der Waals surface area contributed by atoms with Crippen molar-refractivity contribution >= 4 is 9.84 Å². The fraction of sp³-hybridized carbons (Fsp3) is 0.444. The minimum Gasteiger partial charge on any atom is -0.463 e. The van der Waals surface area contributed by atoms with Crippen LogP contribution in [-0.2, 0) is 20.4 Å². The number of halogens is 4. The van der Waals surface area contributed by atoms with Gasteiger partial charge in [0.05, 0.1) is 23.0 Å². The highest BCUT2D eigenvalue weighted by molar-refractivity contribution is 7.91. The van der Waals surface area contributed by atoms with Crippen LogP contribution in [0.2, 0.25) is 0 Å². The summed E-state index contributed by atoms with van der Waals surface area (Å²) in [5.41, 5.74) is -3.66. The summed E-state index contributed by atoms with van der Waals surface area (Å²) >= 11 is 0. The first-order valence-electron chi connectivity index (χ1n) is 8.32. The van der Waals surface area contributed by atoms with Crippen molar-refractivity contribution in [3.8, 4) is 0 Å². The molecule has 0 aliphatic carbocycles. The van der Waals surface area contributed by atoms with Gasteiger partial charge in [-0.3, -0.25) is 0 Å². The van der Waals surface area contributed by atoms with Crippen molar-refractivity contribution in [1.29, 1.82) is 0 Å². The summed E-state index contributed by atoms with van der Waals surface area (Å²) in [6.07, 6.45) is -6.25. The maximum atomic E-state index is 15.6. The average Bonchev–Trinajstić information content (AvgIpc) is 3.18. The topological polar surface area (TPSA) is 76.7 Å². The fourth-order valence-corrected chi connectivity index (χ4v) is 5.17. The highest BCUT2D eigenvalue weighted by Crippen LogP contribution is 2.59. The van der Waals surface area contributed by atoms with Crippen LogP contribution >= 0.6 is 0 Å². The van der Waals surface area contributed by atoms with Crippen LogP contribution in [0.5, 0.6) is 0 Å². The van der Waals surface area contributed by atoms with Gasteiger partial charge >= 0.3 is 6.18 Å². The van der Waals surface area contributed by atoms with E-state index in [0.717, 1.165) is 30.9 Å². The van der Waals surface area contributed by atoms with Gasteiger partial charge in [0, 0.05) is 5.92 Å². The lowest BCUT2D eigenvalue weighted by atomic mass is 9.81. The molecule has 28 heavy (non-hydrogen) atoms. The molecule has 10 heteroatoms. The van der Waals surface area contributed by atoms with E-state index in [2.05, 4.69) is 0 Å². The Hall–Kier alpha value is -1.91. The van der Waals surface area contributed by atoms with Crippen LogP contribution in [0.3, 0.4) is 0 Å². The zero-order valence-electron chi connectivity index (χ0n) is 14.9. The minimum absolute atomic E-state index is 0.247. The second-order valence-corrected chi connectivity index (χ2v) is 8.89. The molecule has 1 aliphatic heterocycles. The summed E-state index contributed by atoms with van der Waals surface area (Å²) in [6.45, 7) is 2.79. The zero-order valence-corrected chi connectivity index (χ0v) is 15.7. The molecule has 0 amide bonds. The molecule has 1 aromatic heterocycles. The number of benzene rings is 1. The van der Waals surface area contributed by atoms with E-state index >= 15 is 4.39 Å². The van der Waals surface area contributed by atoms with Gasteiger partial charge in [0.2, 0.25) is 0 Å². The molecule has 1 N–H and O–H groups in total. The van der Waals surface area contributed by atoms with E-state index in [1.54, 1.807) is 6.92 Å². The molecule has 3 rings (SSSR count). The molecule has 1 saturated heterocycles. The van der Waals surface area contributed by atoms with Crippen LogP contribution in [0.25, 0.3) is 0 Å². The lowest BCUT2D eigenvalue weighted by molar-refractivity contribution is -0.347. The van der Waals surface area contributed by atoms with Gasteiger partial charge in [0.15, 0.2) is 15.6 Å². The highest BCUT2D eigenvalue weighted by atomic mass is 32.2. The maximum absolute atomic E-state index is 15.6. The molecular formula is C18H18F4O5S. The summed E-state index contributed by atoms with van der Waals surface area (Å²) in [4.78, 5) is -0.247. The van der Waals surface area contributed by atoms with Gasteiger partial charge < -0.3 is 14.3 Å². The largest absolute Gasteiger partial charge is 0.463 e. The van der Waals surface area contributed by atoms with Gasteiger partial charge in [-0.2, -0.15) is 13.2 Å². The van der Waals surface area contributed by atoms with Crippen LogP contribution in [0.4, 0.5) is 17.6 Å². The Kier molecular flexibility index (Phi) is 4.88. The van der Waals surface area contributed by atoms with E-state index in [1.165, 1.54) is 24.3 Å². The molecule has 1 aliphatic rings. The normalized spacial score (nSPS) is 31.2. The molecule has 1 fully saturated rings. The van der Waals surface area contributed by atoms with Crippen LogP contribution in [-0.4, -0.2) is 37.2 Å². The third-order valence-electron chi connectivity index (χ3n) is 4.97. The van der Waals surface area contributed by atoms with E-state index in [1.807, 2.05) is 0 Å². The van der Waals surface area contributed by atoms with Gasteiger partial charge in [-0.05, 0) is 38.1 Å². The van der Waals surface area contributed by atoms with Crippen molar-refractivity contribution in [2.24, 2.45) is 5.92 Å². The molecule has 2 heterocycles. The molecule has 154 valence electrons. The molecule has 0 radical (unpaired) electrons. The van der Waals surface area contributed by atoms with Crippen molar-refractivity contribution in [2.45, 2.75) is 42.5 Å². The number of rotatable bonds is 4. The molecule has 0 saturated carbocycles. The fourth-order valence-electron chi connectivity index (χ4n) is 3.45. The monoisotopic (exact) mass is 422 g/mol. The Morgan fingerprint density at radius 1 is 1.18 bits per heavy atom. The zero-order chi connectivity index (χ0) is 21.0. The highest BCUT2D eigenvalue weighted by Gasteiger charge is 2.80. The molecule has 0 bridgehead atoms. The predicted molar refractivity (Wildman–Crippen MR) is 89.8 cm³/mol. The Bertz CT molecular complexity index is 939. The molecule has 0 unspecified atom stereocenters. The van der Waals surface area contributed by atoms with Gasteiger partial charge in [0.25, 0.3) is 11.5 Å². The summed E-state index contributed by atoms with van der Waals surface area (Å²) in [6, 6.07) is 7.52. The van der Waals surface area contributed by atoms with Gasteiger partial charge in [-0.25, -0.2) is 12.8 Å². The second kappa shape index (κ2) is 6.57. The van der Waals surface area contributed by atoms with Crippen molar-refractivity contribution in [3.05, 3.63) is 54.0 Å². The molecule has 5 nitrogen and oxygen atoms in total. The Morgan fingerprint density at radius 2 is 1.79 bits per heavy atom. The first-order chi connectivity index (χ1) is 12.8. The Balaban J connectivity index is 2.08. The molecule has 4 atom stereocenters. The Labute approximate surface area is 158 Å². The minimum atomic E-state index is -5.63. The number of sulfone groups is 1. The lowest BCUT2D eigenvalue weighted by Gasteiger charge is -2.36. The predicted octanol–water partition coefficient (Wildman–Crippen LogP) is 3.51. The number of ether oxygens (including phenoxy) is 1. The quantitative estimate of drug-likeness (QED) is 0.764. The Morgan fingerprint density at radius 3 is 2.29 bits per heavy atom. The van der Waals surface area contributed by atoms with Crippen molar-refractivity contribution in [2.75, 3.05) is 5.75 Å². The SMILES string of the molecule is Cc1ccc(S(=O)(=O)C[C@H]2[C@H](C)O[C@](O)(c3ccco3)[C@@]2(F)C(F)(F)F)cc1. The summed E-state index contributed by atoms with van der Waals surface area (Å²) in [5, 5.41) is 10.5. The van der Waals surface area contributed by atoms with E-state index in [-0.39, 0.29) is 4.90 Å². The van der Waals surface area contributed by atoms with E-state index in [9.17, 15) is 26.7 Å². The smallest absolute Gasteiger partial charge is 0.428 e. The number of aryl methyl sites for hydroxylation is 1. The molecular weight excluding hydrogens is 404 g/mol. The number of aliphatic hydroxyl groups is 1. The third kappa shape index (κ3) is 3.03. The van der Waals surface area contributed by atoms with Gasteiger partial charge in [-0.15, -0.1) is 0 Å². The molecule has 0 spiro atoms. The van der Waals surface area contributed by atoms with Crippen LogP contribution in [0.1, 0.15) is 18.2 Å². The van der Waals surface area contributed by atoms with Crippen molar-refractivity contribution in [3.63, 3.8) is 0 Å². The molecule has 2 aromatic rings. The summed E-state index contributed by atoms with van der Waals surface area (Å²) in [7, 11) is -4.31. The number of furan rings is 1. The van der Waals surface area contributed by atoms with Crippen LogP contribution < -0.4 is 0 Å². The van der Waals surface area contributed by atoms with E-state index in [4.69, 9.17) is 9.15 Å². The average molecular weight is 422 g/mol. The van der Waals surface area contributed by atoms with Crippen LogP contribution in [0.15, 0.2) is 52.0 Å². The number of hydrogen-bond donors (Lipinski definition) is 1. The van der Waals surface area contributed by atoms with Gasteiger partial charge in [0.1, 0.15) is 0 Å². The van der Waals surface area contributed by atoms with E-state index in [0.29, 0.717) is 0 Å². The van der Waals surface area contributed by atoms with Gasteiger partial charge in [-0.1, -0.05) is 17.7 Å². The second-order valence-electron chi connectivity index (χ2n) is 6.85. The van der Waals surface area contributed by atoms with Crippen LogP contribution in [0, 0.1) is 12.8 Å². The first-order valence-corrected chi connectivity index (χ1v) is 9.97. The third-order valence-corrected chi connectivity index (χ3v) is 6.76. The summed E-state index contributed by atoms with van der Waals surface area (Å²) in [5.74, 6) is -7.75. The molecule has 1 aromatic carbocycles. The summed E-state index contributed by atoms with van der Waals surface area (Å²) < 4.78 is 92.2. The van der Waals surface area contributed by atoms with E-state index < -0.39 is 51.0 Å². The number of hydrogen-bond acceptors (Lipinski definition) is 5. The van der Waals surface area contributed by atoms with Crippen molar-refractivity contribution < 1.29 is 40.2 Å². The maximum Gasteiger partial charge on any atom is 0.428 e. The first kappa shape index (κ1) is 20.8.